The molecule has 0 atom stereocenters. The van der Waals surface area contributed by atoms with Crippen molar-refractivity contribution in [2.75, 3.05) is 12.8 Å². The largest absolute Gasteiger partial charge is 0.465 e. The first kappa shape index (κ1) is 12.4. The fourth-order valence-electron chi connectivity index (χ4n) is 2.85. The van der Waals surface area contributed by atoms with Gasteiger partial charge in [-0.15, -0.1) is 11.3 Å². The number of aromatic nitrogens is 1. The van der Waals surface area contributed by atoms with Crippen molar-refractivity contribution in [1.82, 2.24) is 4.98 Å². The van der Waals surface area contributed by atoms with Crippen molar-refractivity contribution in [3.8, 4) is 0 Å². The van der Waals surface area contributed by atoms with Crippen LogP contribution in [0.3, 0.4) is 0 Å². The summed E-state index contributed by atoms with van der Waals surface area (Å²) >= 11 is 1.33. The Labute approximate surface area is 115 Å². The number of aryl methyl sites for hydroxylation is 2. The Morgan fingerprint density at radius 3 is 2.68 bits per heavy atom. The number of nitrogens with two attached hydrogens (primary N) is 1. The van der Waals surface area contributed by atoms with Crippen molar-refractivity contribution in [3.05, 3.63) is 21.7 Å². The molecule has 0 unspecified atom stereocenters. The Bertz CT molecular complexity index is 676. The quantitative estimate of drug-likeness (QED) is 0.813. The molecular formula is C14H16N2O2S. The van der Waals surface area contributed by atoms with Gasteiger partial charge in [0.1, 0.15) is 9.71 Å². The number of carbonyl (C=O) groups excluding carboxylic acids is 1. The van der Waals surface area contributed by atoms with E-state index in [4.69, 9.17) is 10.5 Å². The van der Waals surface area contributed by atoms with E-state index < -0.39 is 0 Å². The third kappa shape index (κ3) is 1.80. The van der Waals surface area contributed by atoms with E-state index in [0.29, 0.717) is 10.6 Å². The number of methoxy groups -OCH3 is 1. The second kappa shape index (κ2) is 4.49. The second-order valence-corrected chi connectivity index (χ2v) is 5.88. The lowest BCUT2D eigenvalue weighted by Crippen LogP contribution is -2.08. The predicted molar refractivity (Wildman–Crippen MR) is 76.8 cm³/mol. The number of pyridine rings is 1. The Hall–Kier alpha value is -1.62. The fraction of sp³-hybridized carbons (Fsp3) is 0.429. The number of nitrogen functional groups attached to an aromatic ring is 1. The molecule has 0 fully saturated rings. The average molecular weight is 276 g/mol. The monoisotopic (exact) mass is 276 g/mol. The van der Waals surface area contributed by atoms with Gasteiger partial charge in [-0.3, -0.25) is 0 Å². The van der Waals surface area contributed by atoms with Crippen LogP contribution in [0.4, 0.5) is 5.69 Å². The molecule has 0 saturated carbocycles. The highest BCUT2D eigenvalue weighted by atomic mass is 32.1. The molecule has 19 heavy (non-hydrogen) atoms. The maximum absolute atomic E-state index is 11.7. The molecule has 100 valence electrons. The zero-order valence-corrected chi connectivity index (χ0v) is 11.9. The summed E-state index contributed by atoms with van der Waals surface area (Å²) in [6, 6.07) is 0. The van der Waals surface area contributed by atoms with Crippen molar-refractivity contribution in [2.45, 2.75) is 32.6 Å². The molecule has 2 heterocycles. The average Bonchev–Trinajstić information content (AvgIpc) is 2.75. The van der Waals surface area contributed by atoms with Crippen LogP contribution in [-0.2, 0) is 17.6 Å². The van der Waals surface area contributed by atoms with E-state index in [2.05, 4.69) is 4.98 Å². The Morgan fingerprint density at radius 1 is 1.32 bits per heavy atom. The molecule has 0 radical (unpaired) electrons. The highest BCUT2D eigenvalue weighted by molar-refractivity contribution is 7.21. The summed E-state index contributed by atoms with van der Waals surface area (Å²) in [5.74, 6) is -0.372. The molecule has 1 aliphatic carbocycles. The number of rotatable bonds is 1. The van der Waals surface area contributed by atoms with Gasteiger partial charge < -0.3 is 10.5 Å². The van der Waals surface area contributed by atoms with Gasteiger partial charge in [0.2, 0.25) is 0 Å². The Morgan fingerprint density at radius 2 is 2.00 bits per heavy atom. The minimum atomic E-state index is -0.372. The number of anilines is 1. The fourth-order valence-corrected chi connectivity index (χ4v) is 3.94. The van der Waals surface area contributed by atoms with Crippen molar-refractivity contribution in [2.24, 2.45) is 0 Å². The number of hydrogen-bond donors (Lipinski definition) is 1. The summed E-state index contributed by atoms with van der Waals surface area (Å²) < 4.78 is 4.78. The smallest absolute Gasteiger partial charge is 0.350 e. The molecule has 0 aliphatic heterocycles. The number of fused-ring (bicyclic) bond motifs is 3. The first-order valence-corrected chi connectivity index (χ1v) is 7.23. The van der Waals surface area contributed by atoms with E-state index in [1.54, 1.807) is 0 Å². The SMILES string of the molecule is COC(=O)c1sc2nc(C)c3c(c2c1N)CCCC3. The van der Waals surface area contributed by atoms with Crippen LogP contribution in [0.15, 0.2) is 0 Å². The van der Waals surface area contributed by atoms with Crippen LogP contribution in [-0.4, -0.2) is 18.1 Å². The van der Waals surface area contributed by atoms with E-state index in [9.17, 15) is 4.79 Å². The molecule has 2 N–H and O–H groups in total. The standard InChI is InChI=1S/C14H16N2O2S/c1-7-8-5-3-4-6-9(8)10-11(15)12(14(17)18-2)19-13(10)16-7/h3-6,15H2,1-2H3. The van der Waals surface area contributed by atoms with Gasteiger partial charge in [-0.05, 0) is 43.7 Å². The molecular weight excluding hydrogens is 260 g/mol. The lowest BCUT2D eigenvalue weighted by Gasteiger charge is -2.18. The second-order valence-electron chi connectivity index (χ2n) is 4.88. The number of carbonyl (C=O) groups is 1. The summed E-state index contributed by atoms with van der Waals surface area (Å²) in [6.45, 7) is 2.04. The van der Waals surface area contributed by atoms with E-state index >= 15 is 0 Å². The summed E-state index contributed by atoms with van der Waals surface area (Å²) in [6.07, 6.45) is 4.47. The molecule has 1 aliphatic rings. The van der Waals surface area contributed by atoms with Crippen LogP contribution in [0.5, 0.6) is 0 Å². The predicted octanol–water partition coefficient (Wildman–Crippen LogP) is 2.85. The van der Waals surface area contributed by atoms with E-state index in [0.717, 1.165) is 28.8 Å². The first-order chi connectivity index (χ1) is 9.13. The van der Waals surface area contributed by atoms with Crippen LogP contribution in [0.25, 0.3) is 10.2 Å². The molecule has 2 aromatic heterocycles. The van der Waals surface area contributed by atoms with Gasteiger partial charge >= 0.3 is 5.97 Å². The van der Waals surface area contributed by atoms with E-state index in [1.165, 1.54) is 42.4 Å². The summed E-state index contributed by atoms with van der Waals surface area (Å²) in [7, 11) is 1.38. The zero-order valence-electron chi connectivity index (χ0n) is 11.1. The van der Waals surface area contributed by atoms with Crippen LogP contribution < -0.4 is 5.73 Å². The molecule has 3 rings (SSSR count). The maximum atomic E-state index is 11.7. The van der Waals surface area contributed by atoms with Gasteiger partial charge in [-0.2, -0.15) is 0 Å². The lowest BCUT2D eigenvalue weighted by atomic mass is 9.89. The molecule has 0 spiro atoms. The van der Waals surface area contributed by atoms with Gasteiger partial charge in [0.25, 0.3) is 0 Å². The number of nitrogens with zero attached hydrogens (tertiary/aromatic N) is 1. The molecule has 5 heteroatoms. The minimum absolute atomic E-state index is 0.372. The Kier molecular flexibility index (Phi) is 2.93. The first-order valence-electron chi connectivity index (χ1n) is 6.42. The molecule has 4 nitrogen and oxygen atoms in total. The zero-order chi connectivity index (χ0) is 13.6. The van der Waals surface area contributed by atoms with Gasteiger partial charge in [0.05, 0.1) is 12.8 Å². The van der Waals surface area contributed by atoms with E-state index in [1.807, 2.05) is 6.92 Å². The van der Waals surface area contributed by atoms with Gasteiger partial charge in [-0.1, -0.05) is 0 Å². The number of hydrogen-bond acceptors (Lipinski definition) is 5. The van der Waals surface area contributed by atoms with Gasteiger partial charge in [-0.25, -0.2) is 9.78 Å². The molecule has 0 bridgehead atoms. The van der Waals surface area contributed by atoms with Gasteiger partial charge in [0.15, 0.2) is 0 Å². The van der Waals surface area contributed by atoms with Crippen LogP contribution in [0.2, 0.25) is 0 Å². The summed E-state index contributed by atoms with van der Waals surface area (Å²) in [4.78, 5) is 17.7. The van der Waals surface area contributed by atoms with Crippen molar-refractivity contribution in [1.29, 1.82) is 0 Å². The number of thiophene rings is 1. The van der Waals surface area contributed by atoms with Crippen molar-refractivity contribution >= 4 is 33.2 Å². The topological polar surface area (TPSA) is 65.2 Å². The molecule has 0 aromatic carbocycles. The number of ether oxygens (including phenoxy) is 1. The molecule has 2 aromatic rings. The van der Waals surface area contributed by atoms with Crippen LogP contribution in [0, 0.1) is 6.92 Å². The van der Waals surface area contributed by atoms with Crippen molar-refractivity contribution in [3.63, 3.8) is 0 Å². The van der Waals surface area contributed by atoms with Crippen LogP contribution >= 0.6 is 11.3 Å². The van der Waals surface area contributed by atoms with Crippen molar-refractivity contribution < 1.29 is 9.53 Å². The summed E-state index contributed by atoms with van der Waals surface area (Å²) in [5.41, 5.74) is 10.4. The summed E-state index contributed by atoms with van der Waals surface area (Å²) in [5, 5.41) is 0.978. The third-order valence-electron chi connectivity index (χ3n) is 3.77. The highest BCUT2D eigenvalue weighted by Gasteiger charge is 2.24. The Balaban J connectivity index is 2.33. The molecule has 0 amide bonds. The van der Waals surface area contributed by atoms with Crippen LogP contribution in [0.1, 0.15) is 39.3 Å². The third-order valence-corrected chi connectivity index (χ3v) is 4.85. The highest BCUT2D eigenvalue weighted by Crippen LogP contribution is 2.39. The number of esters is 1. The van der Waals surface area contributed by atoms with E-state index in [-0.39, 0.29) is 5.97 Å². The normalized spacial score (nSPS) is 14.4. The van der Waals surface area contributed by atoms with Gasteiger partial charge in [0, 0.05) is 11.1 Å². The maximum Gasteiger partial charge on any atom is 0.350 e. The lowest BCUT2D eigenvalue weighted by molar-refractivity contribution is 0.0607. The molecule has 0 saturated heterocycles. The minimum Gasteiger partial charge on any atom is -0.465 e.